The Kier molecular flexibility index (Phi) is 4.07. The van der Waals surface area contributed by atoms with E-state index in [1.165, 1.54) is 11.3 Å². The molecule has 0 atom stereocenters. The average molecular weight is 302 g/mol. The number of sulfonamides is 1. The Morgan fingerprint density at radius 2 is 1.84 bits per heavy atom. The molecule has 1 aromatic rings. The zero-order valence-electron chi connectivity index (χ0n) is 11.7. The van der Waals surface area contributed by atoms with E-state index in [9.17, 15) is 8.42 Å². The number of rotatable bonds is 2. The molecule has 1 aromatic heterocycles. The molecular weight excluding hydrogens is 280 g/mol. The van der Waals surface area contributed by atoms with Crippen LogP contribution in [0.2, 0.25) is 0 Å². The Balaban J connectivity index is 2.23. The van der Waals surface area contributed by atoms with E-state index < -0.39 is 10.0 Å². The molecule has 0 aliphatic carbocycles. The van der Waals surface area contributed by atoms with E-state index in [1.54, 1.807) is 10.4 Å². The molecule has 0 bridgehead atoms. The maximum absolute atomic E-state index is 12.5. The largest absolute Gasteiger partial charge is 0.328 e. The smallest absolute Gasteiger partial charge is 0.252 e. The van der Waals surface area contributed by atoms with E-state index in [-0.39, 0.29) is 11.5 Å². The first kappa shape index (κ1) is 15.0. The van der Waals surface area contributed by atoms with Crippen LogP contribution in [0.15, 0.2) is 16.3 Å². The van der Waals surface area contributed by atoms with Gasteiger partial charge in [-0.2, -0.15) is 4.31 Å². The molecule has 1 aliphatic heterocycles. The molecular formula is C13H22N2O2S2. The van der Waals surface area contributed by atoms with Crippen molar-refractivity contribution in [2.45, 2.75) is 49.3 Å². The molecule has 6 heteroatoms. The fourth-order valence-corrected chi connectivity index (χ4v) is 5.09. The van der Waals surface area contributed by atoms with Gasteiger partial charge >= 0.3 is 0 Å². The van der Waals surface area contributed by atoms with Crippen LogP contribution >= 0.6 is 11.3 Å². The van der Waals surface area contributed by atoms with Crippen molar-refractivity contribution in [3.05, 3.63) is 17.0 Å². The fourth-order valence-electron chi connectivity index (χ4n) is 2.11. The zero-order chi connectivity index (χ0) is 14.3. The highest BCUT2D eigenvalue weighted by atomic mass is 32.2. The summed E-state index contributed by atoms with van der Waals surface area (Å²) in [7, 11) is -3.33. The third-order valence-electron chi connectivity index (χ3n) is 3.41. The monoisotopic (exact) mass is 302 g/mol. The fraction of sp³-hybridized carbons (Fsp3) is 0.692. The first-order valence-corrected chi connectivity index (χ1v) is 8.83. The van der Waals surface area contributed by atoms with E-state index in [1.807, 2.05) is 6.07 Å². The molecule has 108 valence electrons. The molecule has 0 unspecified atom stereocenters. The Labute approximate surface area is 119 Å². The minimum absolute atomic E-state index is 0.0112. The number of piperidine rings is 1. The van der Waals surface area contributed by atoms with Crippen LogP contribution in [-0.2, 0) is 15.4 Å². The third-order valence-corrected chi connectivity index (χ3v) is 7.29. The van der Waals surface area contributed by atoms with Gasteiger partial charge in [0.15, 0.2) is 0 Å². The normalized spacial score (nSPS) is 19.8. The molecule has 0 amide bonds. The first-order chi connectivity index (χ1) is 8.71. The lowest BCUT2D eigenvalue weighted by atomic mass is 9.95. The lowest BCUT2D eigenvalue weighted by molar-refractivity contribution is 0.320. The highest BCUT2D eigenvalue weighted by molar-refractivity contribution is 7.91. The summed E-state index contributed by atoms with van der Waals surface area (Å²) in [6.45, 7) is 7.35. The van der Waals surface area contributed by atoms with Crippen molar-refractivity contribution < 1.29 is 8.42 Å². The summed E-state index contributed by atoms with van der Waals surface area (Å²) in [5.74, 6) is 0. The van der Waals surface area contributed by atoms with Crippen LogP contribution in [0.5, 0.6) is 0 Å². The molecule has 19 heavy (non-hydrogen) atoms. The molecule has 0 saturated carbocycles. The zero-order valence-corrected chi connectivity index (χ0v) is 13.4. The van der Waals surface area contributed by atoms with E-state index in [0.29, 0.717) is 17.3 Å². The number of hydrogen-bond acceptors (Lipinski definition) is 4. The highest BCUT2D eigenvalue weighted by Crippen LogP contribution is 2.33. The van der Waals surface area contributed by atoms with Crippen LogP contribution < -0.4 is 5.73 Å². The Hall–Kier alpha value is -0.430. The Morgan fingerprint density at radius 3 is 2.32 bits per heavy atom. The number of thiophene rings is 1. The Bertz CT molecular complexity index is 535. The van der Waals surface area contributed by atoms with Gasteiger partial charge in [0, 0.05) is 24.0 Å². The molecule has 4 nitrogen and oxygen atoms in total. The number of nitrogens with two attached hydrogens (primary N) is 1. The maximum atomic E-state index is 12.5. The van der Waals surface area contributed by atoms with Gasteiger partial charge in [0.05, 0.1) is 0 Å². The summed E-state index contributed by atoms with van der Waals surface area (Å²) >= 11 is 1.38. The minimum atomic E-state index is -3.33. The van der Waals surface area contributed by atoms with Gasteiger partial charge in [-0.05, 0) is 30.4 Å². The van der Waals surface area contributed by atoms with Crippen LogP contribution in [0.25, 0.3) is 0 Å². The highest BCUT2D eigenvalue weighted by Gasteiger charge is 2.30. The van der Waals surface area contributed by atoms with E-state index in [0.717, 1.165) is 17.7 Å². The van der Waals surface area contributed by atoms with Crippen molar-refractivity contribution in [2.75, 3.05) is 13.1 Å². The van der Waals surface area contributed by atoms with Gasteiger partial charge in [-0.25, -0.2) is 8.42 Å². The van der Waals surface area contributed by atoms with Crippen LogP contribution in [0.3, 0.4) is 0 Å². The number of nitrogens with zero attached hydrogens (tertiary/aromatic N) is 1. The third kappa shape index (κ3) is 3.18. The van der Waals surface area contributed by atoms with E-state index in [2.05, 4.69) is 20.8 Å². The summed E-state index contributed by atoms with van der Waals surface area (Å²) in [6, 6.07) is 3.79. The predicted octanol–water partition coefficient (Wildman–Crippen LogP) is 2.16. The molecule has 0 spiro atoms. The second kappa shape index (κ2) is 5.16. The van der Waals surface area contributed by atoms with Crippen LogP contribution in [0.4, 0.5) is 0 Å². The lowest BCUT2D eigenvalue weighted by Crippen LogP contribution is -2.42. The summed E-state index contributed by atoms with van der Waals surface area (Å²) in [5.41, 5.74) is 5.81. The second-order valence-corrected chi connectivity index (χ2v) is 9.36. The first-order valence-electron chi connectivity index (χ1n) is 6.57. The van der Waals surface area contributed by atoms with Gasteiger partial charge in [0.25, 0.3) is 10.0 Å². The average Bonchev–Trinajstić information content (AvgIpc) is 2.79. The van der Waals surface area contributed by atoms with Crippen molar-refractivity contribution in [2.24, 2.45) is 5.73 Å². The molecule has 2 heterocycles. The summed E-state index contributed by atoms with van der Waals surface area (Å²) in [6.07, 6.45) is 1.49. The van der Waals surface area contributed by atoms with Crippen LogP contribution in [0, 0.1) is 0 Å². The predicted molar refractivity (Wildman–Crippen MR) is 79.0 cm³/mol. The summed E-state index contributed by atoms with van der Waals surface area (Å²) < 4.78 is 27.1. The minimum Gasteiger partial charge on any atom is -0.328 e. The van der Waals surface area contributed by atoms with Crippen molar-refractivity contribution in [3.63, 3.8) is 0 Å². The van der Waals surface area contributed by atoms with Gasteiger partial charge in [0.2, 0.25) is 0 Å². The molecule has 1 fully saturated rings. The van der Waals surface area contributed by atoms with Crippen molar-refractivity contribution in [3.8, 4) is 0 Å². The van der Waals surface area contributed by atoms with Gasteiger partial charge in [-0.3, -0.25) is 0 Å². The molecule has 0 aromatic carbocycles. The van der Waals surface area contributed by atoms with Crippen molar-refractivity contribution >= 4 is 21.4 Å². The van der Waals surface area contributed by atoms with Gasteiger partial charge in [0.1, 0.15) is 4.21 Å². The van der Waals surface area contributed by atoms with Crippen molar-refractivity contribution in [1.82, 2.24) is 4.31 Å². The standard InChI is InChI=1S/C13H22N2O2S2/c1-13(2,3)11-4-5-12(18-11)19(16,17)15-8-6-10(14)7-9-15/h4-5,10H,6-9,14H2,1-3H3. The van der Waals surface area contributed by atoms with Gasteiger partial charge in [-0.15, -0.1) is 11.3 Å². The van der Waals surface area contributed by atoms with Crippen LogP contribution in [0.1, 0.15) is 38.5 Å². The SMILES string of the molecule is CC(C)(C)c1ccc(S(=O)(=O)N2CCC(N)CC2)s1. The number of hydrogen-bond donors (Lipinski definition) is 1. The quantitative estimate of drug-likeness (QED) is 0.910. The topological polar surface area (TPSA) is 63.4 Å². The Morgan fingerprint density at radius 1 is 1.26 bits per heavy atom. The molecule has 2 rings (SSSR count). The summed E-state index contributed by atoms with van der Waals surface area (Å²) in [4.78, 5) is 1.10. The summed E-state index contributed by atoms with van der Waals surface area (Å²) in [5, 5.41) is 0. The molecule has 1 saturated heterocycles. The van der Waals surface area contributed by atoms with Gasteiger partial charge < -0.3 is 5.73 Å². The molecule has 2 N–H and O–H groups in total. The van der Waals surface area contributed by atoms with Crippen molar-refractivity contribution in [1.29, 1.82) is 0 Å². The molecule has 1 aliphatic rings. The van der Waals surface area contributed by atoms with E-state index >= 15 is 0 Å². The van der Waals surface area contributed by atoms with Gasteiger partial charge in [-0.1, -0.05) is 20.8 Å². The maximum Gasteiger partial charge on any atom is 0.252 e. The van der Waals surface area contributed by atoms with E-state index in [4.69, 9.17) is 5.73 Å². The second-order valence-electron chi connectivity index (χ2n) is 6.11. The van der Waals surface area contributed by atoms with Crippen LogP contribution in [-0.4, -0.2) is 31.9 Å². The molecule has 0 radical (unpaired) electrons. The lowest BCUT2D eigenvalue weighted by Gasteiger charge is -2.28.